The van der Waals surface area contributed by atoms with Crippen molar-refractivity contribution in [2.75, 3.05) is 5.32 Å². The van der Waals surface area contributed by atoms with Gasteiger partial charge in [-0.1, -0.05) is 30.3 Å². The number of hydrogen-bond donors (Lipinski definition) is 1. The molecule has 3 aromatic rings. The fraction of sp³-hybridized carbons (Fsp3) is 0.348. The minimum Gasteiger partial charge on any atom is -0.451 e. The standard InChI is InChI=1S/C23H25N3O3/c1-13-24-19-16(26(13)5)12-11-15-18(19)25-17(14-9-7-6-8-10-14)21(20(15)27)29-22(28)23(2,3)4/h6-12,17,21,25H,1-5H3. The fourth-order valence-corrected chi connectivity index (χ4v) is 3.59. The van der Waals surface area contributed by atoms with E-state index in [1.165, 1.54) is 0 Å². The second-order valence-electron chi connectivity index (χ2n) is 8.55. The molecule has 29 heavy (non-hydrogen) atoms. The van der Waals surface area contributed by atoms with Gasteiger partial charge in [0.25, 0.3) is 0 Å². The van der Waals surface area contributed by atoms with Gasteiger partial charge in [-0.3, -0.25) is 9.59 Å². The Morgan fingerprint density at radius 3 is 2.48 bits per heavy atom. The first-order valence-electron chi connectivity index (χ1n) is 9.71. The lowest BCUT2D eigenvalue weighted by Crippen LogP contribution is -2.43. The molecule has 2 heterocycles. The van der Waals surface area contributed by atoms with Gasteiger partial charge in [0.2, 0.25) is 5.78 Å². The SMILES string of the molecule is Cc1nc2c3c(ccc2n1C)C(=O)C(OC(=O)C(C)(C)C)C(c1ccccc1)N3. The molecule has 2 atom stereocenters. The molecule has 0 aliphatic carbocycles. The van der Waals surface area contributed by atoms with E-state index in [4.69, 9.17) is 4.74 Å². The van der Waals surface area contributed by atoms with Crippen LogP contribution >= 0.6 is 0 Å². The number of aryl methyl sites for hydroxylation is 2. The monoisotopic (exact) mass is 391 g/mol. The summed E-state index contributed by atoms with van der Waals surface area (Å²) in [6, 6.07) is 12.8. The molecule has 0 fully saturated rings. The van der Waals surface area contributed by atoms with Crippen LogP contribution in [0.3, 0.4) is 0 Å². The van der Waals surface area contributed by atoms with E-state index in [9.17, 15) is 9.59 Å². The Bertz CT molecular complexity index is 1110. The highest BCUT2D eigenvalue weighted by Gasteiger charge is 2.41. The average molecular weight is 391 g/mol. The molecular weight excluding hydrogens is 366 g/mol. The second kappa shape index (κ2) is 6.72. The van der Waals surface area contributed by atoms with Gasteiger partial charge in [0.05, 0.1) is 22.7 Å². The maximum atomic E-state index is 13.4. The number of carbonyl (C=O) groups excluding carboxylic acids is 2. The molecule has 1 N–H and O–H groups in total. The molecule has 6 heteroatoms. The van der Waals surface area contributed by atoms with Crippen molar-refractivity contribution in [1.29, 1.82) is 0 Å². The van der Waals surface area contributed by atoms with Crippen LogP contribution in [0.15, 0.2) is 42.5 Å². The van der Waals surface area contributed by atoms with E-state index in [1.54, 1.807) is 26.8 Å². The lowest BCUT2D eigenvalue weighted by atomic mass is 9.88. The Morgan fingerprint density at radius 1 is 1.14 bits per heavy atom. The smallest absolute Gasteiger partial charge is 0.312 e. The summed E-state index contributed by atoms with van der Waals surface area (Å²) in [7, 11) is 1.95. The van der Waals surface area contributed by atoms with Crippen molar-refractivity contribution in [3.63, 3.8) is 0 Å². The van der Waals surface area contributed by atoms with Gasteiger partial charge in [-0.05, 0) is 45.4 Å². The number of benzene rings is 2. The quantitative estimate of drug-likeness (QED) is 0.663. The molecule has 0 radical (unpaired) electrons. The molecule has 6 nitrogen and oxygen atoms in total. The molecule has 2 unspecified atom stereocenters. The number of carbonyl (C=O) groups is 2. The molecule has 0 saturated heterocycles. The van der Waals surface area contributed by atoms with Crippen LogP contribution in [0.4, 0.5) is 5.69 Å². The number of esters is 1. The van der Waals surface area contributed by atoms with Crippen molar-refractivity contribution in [2.45, 2.75) is 39.8 Å². The predicted octanol–water partition coefficient (Wildman–Crippen LogP) is 4.19. The maximum Gasteiger partial charge on any atom is 0.312 e. The Hall–Kier alpha value is -3.15. The molecule has 0 bridgehead atoms. The first-order valence-corrected chi connectivity index (χ1v) is 9.71. The maximum absolute atomic E-state index is 13.4. The third-order valence-corrected chi connectivity index (χ3v) is 5.41. The van der Waals surface area contributed by atoms with Crippen LogP contribution in [0.1, 0.15) is 48.6 Å². The van der Waals surface area contributed by atoms with Gasteiger partial charge < -0.3 is 14.6 Å². The summed E-state index contributed by atoms with van der Waals surface area (Å²) in [5.74, 6) is 0.243. The first kappa shape index (κ1) is 19.2. The van der Waals surface area contributed by atoms with Crippen molar-refractivity contribution in [3.05, 3.63) is 59.4 Å². The molecule has 1 aromatic heterocycles. The zero-order valence-corrected chi connectivity index (χ0v) is 17.3. The zero-order chi connectivity index (χ0) is 20.9. The van der Waals surface area contributed by atoms with Gasteiger partial charge in [0, 0.05) is 12.6 Å². The van der Waals surface area contributed by atoms with Crippen LogP contribution < -0.4 is 5.32 Å². The molecule has 0 saturated carbocycles. The number of rotatable bonds is 2. The minimum absolute atomic E-state index is 0.213. The van der Waals surface area contributed by atoms with E-state index < -0.39 is 23.5 Å². The Balaban J connectivity index is 1.86. The second-order valence-corrected chi connectivity index (χ2v) is 8.55. The number of aromatic nitrogens is 2. The number of imidazole rings is 1. The summed E-state index contributed by atoms with van der Waals surface area (Å²) < 4.78 is 7.75. The van der Waals surface area contributed by atoms with Crippen LogP contribution in [-0.4, -0.2) is 27.4 Å². The molecule has 150 valence electrons. The number of Topliss-reactive ketones (excluding diaryl/α,β-unsaturated/α-hetero) is 1. The molecule has 2 aromatic carbocycles. The number of ether oxygens (including phenoxy) is 1. The van der Waals surface area contributed by atoms with Crippen molar-refractivity contribution >= 4 is 28.5 Å². The van der Waals surface area contributed by atoms with Crippen LogP contribution in [0.5, 0.6) is 0 Å². The van der Waals surface area contributed by atoms with Gasteiger partial charge in [-0.2, -0.15) is 0 Å². The summed E-state index contributed by atoms with van der Waals surface area (Å²) in [6.45, 7) is 7.27. The number of fused-ring (bicyclic) bond motifs is 3. The van der Waals surface area contributed by atoms with Gasteiger partial charge in [0.15, 0.2) is 6.10 Å². The lowest BCUT2D eigenvalue weighted by Gasteiger charge is -2.34. The van der Waals surface area contributed by atoms with Gasteiger partial charge >= 0.3 is 5.97 Å². The number of hydrogen-bond acceptors (Lipinski definition) is 5. The molecule has 4 rings (SSSR count). The summed E-state index contributed by atoms with van der Waals surface area (Å²) in [5.41, 5.74) is 3.05. The summed E-state index contributed by atoms with van der Waals surface area (Å²) in [6.07, 6.45) is -0.945. The fourth-order valence-electron chi connectivity index (χ4n) is 3.59. The molecule has 0 spiro atoms. The summed E-state index contributed by atoms with van der Waals surface area (Å²) in [4.78, 5) is 30.7. The third-order valence-electron chi connectivity index (χ3n) is 5.41. The van der Waals surface area contributed by atoms with Crippen molar-refractivity contribution in [1.82, 2.24) is 9.55 Å². The first-order chi connectivity index (χ1) is 13.7. The topological polar surface area (TPSA) is 73.2 Å². The van der Waals surface area contributed by atoms with Crippen LogP contribution in [0.2, 0.25) is 0 Å². The molecule has 1 aliphatic heterocycles. The highest BCUT2D eigenvalue weighted by molar-refractivity contribution is 6.12. The van der Waals surface area contributed by atoms with E-state index in [-0.39, 0.29) is 5.78 Å². The van der Waals surface area contributed by atoms with Crippen LogP contribution in [0.25, 0.3) is 11.0 Å². The van der Waals surface area contributed by atoms with Gasteiger partial charge in [-0.15, -0.1) is 0 Å². The van der Waals surface area contributed by atoms with E-state index in [0.717, 1.165) is 22.4 Å². The summed E-state index contributed by atoms with van der Waals surface area (Å²) in [5, 5.41) is 3.46. The zero-order valence-electron chi connectivity index (χ0n) is 17.3. The van der Waals surface area contributed by atoms with Gasteiger partial charge in [0.1, 0.15) is 11.3 Å². The molecular formula is C23H25N3O3. The summed E-state index contributed by atoms with van der Waals surface area (Å²) >= 11 is 0. The van der Waals surface area contributed by atoms with Crippen LogP contribution in [0, 0.1) is 12.3 Å². The third kappa shape index (κ3) is 3.18. The van der Waals surface area contributed by atoms with Crippen molar-refractivity contribution in [3.8, 4) is 0 Å². The van der Waals surface area contributed by atoms with E-state index >= 15 is 0 Å². The Kier molecular flexibility index (Phi) is 4.45. The van der Waals surface area contributed by atoms with E-state index in [1.807, 2.05) is 54.9 Å². The van der Waals surface area contributed by atoms with Crippen molar-refractivity contribution in [2.24, 2.45) is 12.5 Å². The predicted molar refractivity (Wildman–Crippen MR) is 112 cm³/mol. The lowest BCUT2D eigenvalue weighted by molar-refractivity contribution is -0.157. The van der Waals surface area contributed by atoms with Gasteiger partial charge in [-0.25, -0.2) is 4.98 Å². The van der Waals surface area contributed by atoms with Crippen LogP contribution in [-0.2, 0) is 16.6 Å². The molecule has 1 aliphatic rings. The van der Waals surface area contributed by atoms with E-state index in [0.29, 0.717) is 11.3 Å². The van der Waals surface area contributed by atoms with E-state index in [2.05, 4.69) is 10.3 Å². The average Bonchev–Trinajstić information content (AvgIpc) is 2.98. The largest absolute Gasteiger partial charge is 0.451 e. The number of nitrogens with zero attached hydrogens (tertiary/aromatic N) is 2. The molecule has 0 amide bonds. The highest BCUT2D eigenvalue weighted by Crippen LogP contribution is 2.39. The number of nitrogens with one attached hydrogen (secondary N) is 1. The minimum atomic E-state index is -0.945. The highest BCUT2D eigenvalue weighted by atomic mass is 16.5. The van der Waals surface area contributed by atoms with Crippen molar-refractivity contribution < 1.29 is 14.3 Å². The normalized spacial score (nSPS) is 19.0. The Morgan fingerprint density at radius 2 is 1.83 bits per heavy atom. The Labute approximate surface area is 169 Å². The number of ketones is 1. The number of anilines is 1.